The number of hydrogen-bond acceptors (Lipinski definition) is 3. The van der Waals surface area contributed by atoms with Crippen LogP contribution in [-0.2, 0) is 11.3 Å². The number of rotatable bonds is 6. The van der Waals surface area contributed by atoms with E-state index in [0.717, 1.165) is 9.75 Å². The Morgan fingerprint density at radius 3 is 2.81 bits per heavy atom. The average molecular weight is 260 g/mol. The molecule has 1 aromatic rings. The molecule has 1 N–H and O–H groups in total. The van der Waals surface area contributed by atoms with Crippen molar-refractivity contribution in [2.24, 2.45) is 0 Å². The van der Waals surface area contributed by atoms with Crippen molar-refractivity contribution in [2.45, 2.75) is 26.3 Å². The SMILES string of the molecule is CC(=O)NCc1ccc(C(=O)CCCCl)s1. The molecule has 5 heteroatoms. The quantitative estimate of drug-likeness (QED) is 0.631. The Morgan fingerprint density at radius 1 is 1.44 bits per heavy atom. The molecule has 0 saturated heterocycles. The second-order valence-corrected chi connectivity index (χ2v) is 4.94. The van der Waals surface area contributed by atoms with Crippen molar-refractivity contribution in [1.82, 2.24) is 5.32 Å². The monoisotopic (exact) mass is 259 g/mol. The van der Waals surface area contributed by atoms with Crippen molar-refractivity contribution in [2.75, 3.05) is 5.88 Å². The van der Waals surface area contributed by atoms with Gasteiger partial charge in [0.15, 0.2) is 5.78 Å². The van der Waals surface area contributed by atoms with Crippen LogP contribution in [0.1, 0.15) is 34.3 Å². The number of Topliss-reactive ketones (excluding diaryl/α,β-unsaturated/α-hetero) is 1. The highest BCUT2D eigenvalue weighted by molar-refractivity contribution is 7.14. The van der Waals surface area contributed by atoms with Crippen LogP contribution < -0.4 is 5.32 Å². The highest BCUT2D eigenvalue weighted by Gasteiger charge is 2.08. The molecule has 1 rings (SSSR count). The number of thiophene rings is 1. The molecule has 88 valence electrons. The molecular formula is C11H14ClNO2S. The zero-order valence-corrected chi connectivity index (χ0v) is 10.7. The molecule has 0 aliphatic heterocycles. The largest absolute Gasteiger partial charge is 0.351 e. The van der Waals surface area contributed by atoms with E-state index in [2.05, 4.69) is 5.32 Å². The Kier molecular flexibility index (Phi) is 5.49. The minimum absolute atomic E-state index is 0.0663. The molecule has 3 nitrogen and oxygen atoms in total. The Balaban J connectivity index is 2.50. The van der Waals surface area contributed by atoms with Crippen LogP contribution in [0.3, 0.4) is 0 Å². The third-order valence-corrected chi connectivity index (χ3v) is 3.38. The molecule has 0 radical (unpaired) electrons. The van der Waals surface area contributed by atoms with Crippen molar-refractivity contribution < 1.29 is 9.59 Å². The molecule has 1 aromatic heterocycles. The summed E-state index contributed by atoms with van der Waals surface area (Å²) in [4.78, 5) is 24.1. The molecule has 1 heterocycles. The fourth-order valence-electron chi connectivity index (χ4n) is 1.18. The summed E-state index contributed by atoms with van der Waals surface area (Å²) in [6.45, 7) is 1.96. The van der Waals surface area contributed by atoms with Gasteiger partial charge in [-0.05, 0) is 18.6 Å². The first-order chi connectivity index (χ1) is 7.63. The smallest absolute Gasteiger partial charge is 0.217 e. The predicted octanol–water partition coefficient (Wildman–Crippen LogP) is 2.59. The molecule has 16 heavy (non-hydrogen) atoms. The first-order valence-corrected chi connectivity index (χ1v) is 6.41. The number of nitrogens with one attached hydrogen (secondary N) is 1. The topological polar surface area (TPSA) is 46.2 Å². The van der Waals surface area contributed by atoms with E-state index in [4.69, 9.17) is 11.6 Å². The van der Waals surface area contributed by atoms with Gasteiger partial charge in [0.05, 0.1) is 11.4 Å². The zero-order valence-electron chi connectivity index (χ0n) is 9.09. The number of halogens is 1. The van der Waals surface area contributed by atoms with Crippen molar-refractivity contribution in [1.29, 1.82) is 0 Å². The lowest BCUT2D eigenvalue weighted by Crippen LogP contribution is -2.18. The standard InChI is InChI=1S/C11H14ClNO2S/c1-8(14)13-7-9-4-5-11(16-9)10(15)3-2-6-12/h4-5H,2-3,6-7H2,1H3,(H,13,14). The van der Waals surface area contributed by atoms with E-state index in [9.17, 15) is 9.59 Å². The predicted molar refractivity (Wildman–Crippen MR) is 66.1 cm³/mol. The van der Waals surface area contributed by atoms with E-state index in [1.165, 1.54) is 18.3 Å². The molecule has 0 fully saturated rings. The fourth-order valence-corrected chi connectivity index (χ4v) is 2.23. The van der Waals surface area contributed by atoms with Crippen molar-refractivity contribution in [3.63, 3.8) is 0 Å². The van der Waals surface area contributed by atoms with Gasteiger partial charge in [-0.2, -0.15) is 0 Å². The second kappa shape index (κ2) is 6.66. The molecule has 1 amide bonds. The molecular weight excluding hydrogens is 246 g/mol. The van der Waals surface area contributed by atoms with Crippen LogP contribution in [-0.4, -0.2) is 17.6 Å². The third kappa shape index (κ3) is 4.33. The van der Waals surface area contributed by atoms with Crippen LogP contribution in [0.25, 0.3) is 0 Å². The van der Waals surface area contributed by atoms with E-state index in [1.54, 1.807) is 6.07 Å². The van der Waals surface area contributed by atoms with Crippen LogP contribution in [0, 0.1) is 0 Å². The Bertz CT molecular complexity index is 376. The van der Waals surface area contributed by atoms with Crippen molar-refractivity contribution in [3.8, 4) is 0 Å². The Hall–Kier alpha value is -0.870. The van der Waals surface area contributed by atoms with Gasteiger partial charge >= 0.3 is 0 Å². The summed E-state index contributed by atoms with van der Waals surface area (Å²) < 4.78 is 0. The molecule has 0 unspecified atom stereocenters. The lowest BCUT2D eigenvalue weighted by atomic mass is 10.2. The maximum absolute atomic E-state index is 11.6. The van der Waals surface area contributed by atoms with E-state index >= 15 is 0 Å². The maximum atomic E-state index is 11.6. The molecule has 0 aliphatic rings. The van der Waals surface area contributed by atoms with Gasteiger partial charge in [-0.3, -0.25) is 9.59 Å². The number of hydrogen-bond donors (Lipinski definition) is 1. The molecule has 0 aromatic carbocycles. The number of alkyl halides is 1. The van der Waals surface area contributed by atoms with Gasteiger partial charge in [0.25, 0.3) is 0 Å². The minimum Gasteiger partial charge on any atom is -0.351 e. The summed E-state index contributed by atoms with van der Waals surface area (Å²) in [5.41, 5.74) is 0. The van der Waals surface area contributed by atoms with Gasteiger partial charge in [-0.1, -0.05) is 0 Å². The number of carbonyl (C=O) groups excluding carboxylic acids is 2. The van der Waals surface area contributed by atoms with Crippen LogP contribution in [0.4, 0.5) is 0 Å². The molecule has 0 spiro atoms. The van der Waals surface area contributed by atoms with Crippen molar-refractivity contribution >= 4 is 34.6 Å². The molecule has 0 saturated carbocycles. The van der Waals surface area contributed by atoms with E-state index in [1.807, 2.05) is 6.07 Å². The fraction of sp³-hybridized carbons (Fsp3) is 0.455. The molecule has 0 aliphatic carbocycles. The lowest BCUT2D eigenvalue weighted by molar-refractivity contribution is -0.119. The first kappa shape index (κ1) is 13.2. The van der Waals surface area contributed by atoms with Crippen LogP contribution in [0.15, 0.2) is 12.1 Å². The van der Waals surface area contributed by atoms with E-state index in [-0.39, 0.29) is 11.7 Å². The number of ketones is 1. The zero-order chi connectivity index (χ0) is 12.0. The summed E-state index contributed by atoms with van der Waals surface area (Å²) in [5.74, 6) is 0.568. The second-order valence-electron chi connectivity index (χ2n) is 3.39. The van der Waals surface area contributed by atoms with Crippen LogP contribution in [0.5, 0.6) is 0 Å². The van der Waals surface area contributed by atoms with Gasteiger partial charge < -0.3 is 5.32 Å². The summed E-state index contributed by atoms with van der Waals surface area (Å²) in [6.07, 6.45) is 1.20. The molecule has 0 atom stereocenters. The van der Waals surface area contributed by atoms with Crippen LogP contribution in [0.2, 0.25) is 0 Å². The maximum Gasteiger partial charge on any atom is 0.217 e. The highest BCUT2D eigenvalue weighted by Crippen LogP contribution is 2.18. The third-order valence-electron chi connectivity index (χ3n) is 1.99. The number of carbonyl (C=O) groups is 2. The summed E-state index contributed by atoms with van der Waals surface area (Å²) in [6, 6.07) is 3.67. The average Bonchev–Trinajstić information content (AvgIpc) is 2.71. The van der Waals surface area contributed by atoms with E-state index < -0.39 is 0 Å². The summed E-state index contributed by atoms with van der Waals surface area (Å²) >= 11 is 6.95. The van der Waals surface area contributed by atoms with Crippen molar-refractivity contribution in [3.05, 3.63) is 21.9 Å². The Labute approximate surface area is 104 Å². The lowest BCUT2D eigenvalue weighted by Gasteiger charge is -1.97. The summed E-state index contributed by atoms with van der Waals surface area (Å²) in [5, 5.41) is 2.70. The van der Waals surface area contributed by atoms with Gasteiger partial charge in [-0.25, -0.2) is 0 Å². The Morgan fingerprint density at radius 2 is 2.19 bits per heavy atom. The minimum atomic E-state index is -0.0663. The van der Waals surface area contributed by atoms with Crippen LogP contribution >= 0.6 is 22.9 Å². The molecule has 0 bridgehead atoms. The number of amides is 1. The van der Waals surface area contributed by atoms with Gasteiger partial charge in [-0.15, -0.1) is 22.9 Å². The van der Waals surface area contributed by atoms with Gasteiger partial charge in [0, 0.05) is 24.1 Å². The first-order valence-electron chi connectivity index (χ1n) is 5.06. The van der Waals surface area contributed by atoms with Gasteiger partial charge in [0.1, 0.15) is 0 Å². The highest BCUT2D eigenvalue weighted by atomic mass is 35.5. The summed E-state index contributed by atoms with van der Waals surface area (Å²) in [7, 11) is 0. The van der Waals surface area contributed by atoms with Gasteiger partial charge in [0.2, 0.25) is 5.91 Å². The normalized spacial score (nSPS) is 10.1. The van der Waals surface area contributed by atoms with E-state index in [0.29, 0.717) is 25.3 Å².